The van der Waals surface area contributed by atoms with E-state index in [1.54, 1.807) is 12.3 Å². The summed E-state index contributed by atoms with van der Waals surface area (Å²) in [5.74, 6) is 0.115. The quantitative estimate of drug-likeness (QED) is 0.798. The highest BCUT2D eigenvalue weighted by atomic mass is 16.3. The number of nitrogens with one attached hydrogen (secondary N) is 2. The van der Waals surface area contributed by atoms with E-state index in [-0.39, 0.29) is 24.5 Å². The van der Waals surface area contributed by atoms with Crippen LogP contribution in [0.25, 0.3) is 10.9 Å². The fourth-order valence-corrected chi connectivity index (χ4v) is 2.95. The van der Waals surface area contributed by atoms with Crippen molar-refractivity contribution in [1.82, 2.24) is 15.5 Å². The second-order valence-corrected chi connectivity index (χ2v) is 5.48. The zero-order valence-electron chi connectivity index (χ0n) is 11.3. The maximum atomic E-state index is 12.3. The lowest BCUT2D eigenvalue weighted by Gasteiger charge is -2.30. The number of nitrogens with zero attached hydrogens (tertiary/aromatic N) is 1. The Morgan fingerprint density at radius 1 is 1.40 bits per heavy atom. The van der Waals surface area contributed by atoms with E-state index in [1.165, 1.54) is 0 Å². The topological polar surface area (TPSA) is 78.0 Å². The number of hydrogen-bond donors (Lipinski definition) is 3. The first kappa shape index (κ1) is 13.1. The molecule has 2 atom stereocenters. The van der Waals surface area contributed by atoms with Crippen molar-refractivity contribution in [3.05, 3.63) is 30.0 Å². The summed E-state index contributed by atoms with van der Waals surface area (Å²) in [6.07, 6.45) is 5.90. The van der Waals surface area contributed by atoms with Gasteiger partial charge in [-0.15, -0.1) is 0 Å². The summed E-state index contributed by atoms with van der Waals surface area (Å²) >= 11 is 0. The van der Waals surface area contributed by atoms with Crippen molar-refractivity contribution in [2.75, 3.05) is 6.61 Å². The molecule has 1 aromatic heterocycles. The molecule has 3 rings (SSSR count). The molecular formula is C15H19N3O2. The van der Waals surface area contributed by atoms with Crippen LogP contribution in [0.1, 0.15) is 36.0 Å². The lowest BCUT2D eigenvalue weighted by Crippen LogP contribution is -2.43. The van der Waals surface area contributed by atoms with Gasteiger partial charge >= 0.3 is 0 Å². The molecule has 1 fully saturated rings. The Hall–Kier alpha value is -1.88. The molecule has 2 aromatic rings. The van der Waals surface area contributed by atoms with E-state index < -0.39 is 0 Å². The van der Waals surface area contributed by atoms with Crippen LogP contribution in [0.4, 0.5) is 0 Å². The largest absolute Gasteiger partial charge is 0.396 e. The van der Waals surface area contributed by atoms with Gasteiger partial charge in [-0.25, -0.2) is 0 Å². The van der Waals surface area contributed by atoms with E-state index in [2.05, 4.69) is 15.5 Å². The first-order chi connectivity index (χ1) is 9.78. The van der Waals surface area contributed by atoms with Gasteiger partial charge in [0.15, 0.2) is 0 Å². The zero-order chi connectivity index (χ0) is 13.9. The monoisotopic (exact) mass is 273 g/mol. The number of carbonyl (C=O) groups is 1. The van der Waals surface area contributed by atoms with Gasteiger partial charge in [-0.3, -0.25) is 9.89 Å². The molecule has 1 amide bonds. The van der Waals surface area contributed by atoms with Crippen LogP contribution in [0.15, 0.2) is 24.4 Å². The summed E-state index contributed by atoms with van der Waals surface area (Å²) in [7, 11) is 0. The molecule has 0 radical (unpaired) electrons. The van der Waals surface area contributed by atoms with Crippen LogP contribution in [0.2, 0.25) is 0 Å². The number of benzene rings is 1. The average Bonchev–Trinajstić information content (AvgIpc) is 2.95. The van der Waals surface area contributed by atoms with E-state index in [0.29, 0.717) is 5.56 Å². The van der Waals surface area contributed by atoms with Gasteiger partial charge in [0.25, 0.3) is 5.91 Å². The third kappa shape index (κ3) is 2.54. The molecule has 1 aliphatic rings. The Morgan fingerprint density at radius 2 is 2.25 bits per heavy atom. The number of hydrogen-bond acceptors (Lipinski definition) is 3. The van der Waals surface area contributed by atoms with Crippen LogP contribution in [-0.4, -0.2) is 33.9 Å². The predicted octanol–water partition coefficient (Wildman–Crippen LogP) is 1.84. The van der Waals surface area contributed by atoms with E-state index in [1.807, 2.05) is 12.1 Å². The fraction of sp³-hybridized carbons (Fsp3) is 0.467. The van der Waals surface area contributed by atoms with Crippen molar-refractivity contribution in [2.45, 2.75) is 31.7 Å². The molecule has 5 nitrogen and oxygen atoms in total. The minimum atomic E-state index is -0.0709. The minimum absolute atomic E-state index is 0.0709. The smallest absolute Gasteiger partial charge is 0.251 e. The van der Waals surface area contributed by atoms with E-state index in [9.17, 15) is 9.90 Å². The Labute approximate surface area is 117 Å². The summed E-state index contributed by atoms with van der Waals surface area (Å²) in [4.78, 5) is 12.3. The molecule has 0 bridgehead atoms. The van der Waals surface area contributed by atoms with Gasteiger partial charge in [-0.05, 0) is 31.0 Å². The molecule has 3 N–H and O–H groups in total. The van der Waals surface area contributed by atoms with Crippen molar-refractivity contribution in [1.29, 1.82) is 0 Å². The number of rotatable bonds is 3. The number of fused-ring (bicyclic) bond motifs is 1. The van der Waals surface area contributed by atoms with Gasteiger partial charge in [0.2, 0.25) is 0 Å². The molecular weight excluding hydrogens is 254 g/mol. The van der Waals surface area contributed by atoms with E-state index >= 15 is 0 Å². The van der Waals surface area contributed by atoms with Crippen molar-refractivity contribution in [3.8, 4) is 0 Å². The van der Waals surface area contributed by atoms with Crippen LogP contribution >= 0.6 is 0 Å². The van der Waals surface area contributed by atoms with Crippen LogP contribution in [0.3, 0.4) is 0 Å². The van der Waals surface area contributed by atoms with Crippen molar-refractivity contribution >= 4 is 16.8 Å². The summed E-state index contributed by atoms with van der Waals surface area (Å²) in [5.41, 5.74) is 1.56. The van der Waals surface area contributed by atoms with Crippen LogP contribution in [0.5, 0.6) is 0 Å². The molecule has 1 heterocycles. The molecule has 1 aliphatic carbocycles. The number of aromatic amines is 1. The summed E-state index contributed by atoms with van der Waals surface area (Å²) in [6.45, 7) is 0.145. The third-order valence-electron chi connectivity index (χ3n) is 4.16. The van der Waals surface area contributed by atoms with Crippen LogP contribution < -0.4 is 5.32 Å². The second-order valence-electron chi connectivity index (χ2n) is 5.48. The number of amides is 1. The lowest BCUT2D eigenvalue weighted by atomic mass is 9.85. The summed E-state index contributed by atoms with van der Waals surface area (Å²) < 4.78 is 0. The summed E-state index contributed by atoms with van der Waals surface area (Å²) in [6, 6.07) is 5.58. The molecule has 0 unspecified atom stereocenters. The number of H-pyrrole nitrogens is 1. The van der Waals surface area contributed by atoms with Gasteiger partial charge in [-0.1, -0.05) is 12.8 Å². The van der Waals surface area contributed by atoms with Gasteiger partial charge in [0.05, 0.1) is 11.7 Å². The highest BCUT2D eigenvalue weighted by Gasteiger charge is 2.26. The van der Waals surface area contributed by atoms with E-state index in [4.69, 9.17) is 0 Å². The predicted molar refractivity (Wildman–Crippen MR) is 76.4 cm³/mol. The first-order valence-electron chi connectivity index (χ1n) is 7.13. The molecule has 20 heavy (non-hydrogen) atoms. The van der Waals surface area contributed by atoms with Crippen LogP contribution in [0, 0.1) is 5.92 Å². The number of aliphatic hydroxyl groups is 1. The van der Waals surface area contributed by atoms with E-state index in [0.717, 1.165) is 36.6 Å². The van der Waals surface area contributed by atoms with Crippen molar-refractivity contribution in [2.24, 2.45) is 5.92 Å². The molecule has 106 valence electrons. The minimum Gasteiger partial charge on any atom is -0.396 e. The highest BCUT2D eigenvalue weighted by molar-refractivity contribution is 5.98. The molecule has 0 spiro atoms. The molecule has 1 saturated carbocycles. The van der Waals surface area contributed by atoms with Gasteiger partial charge < -0.3 is 10.4 Å². The van der Waals surface area contributed by atoms with Crippen molar-refractivity contribution < 1.29 is 9.90 Å². The number of aliphatic hydroxyl groups excluding tert-OH is 1. The first-order valence-corrected chi connectivity index (χ1v) is 7.13. The molecule has 5 heteroatoms. The Bertz CT molecular complexity index is 608. The SMILES string of the molecule is O=C(N[C@H]1CCCC[C@H]1CO)c1ccc2[nH]ncc2c1. The molecule has 0 aliphatic heterocycles. The normalized spacial score (nSPS) is 22.9. The maximum absolute atomic E-state index is 12.3. The number of aromatic nitrogens is 2. The fourth-order valence-electron chi connectivity index (χ4n) is 2.95. The average molecular weight is 273 g/mol. The summed E-state index contributed by atoms with van der Waals surface area (Å²) in [5, 5.41) is 20.2. The van der Waals surface area contributed by atoms with Gasteiger partial charge in [0.1, 0.15) is 0 Å². The Kier molecular flexibility index (Phi) is 3.69. The standard InChI is InChI=1S/C15H19N3O2/c19-9-11-3-1-2-4-13(11)17-15(20)10-5-6-14-12(7-10)8-16-18-14/h5-8,11,13,19H,1-4,9H2,(H,16,18)(H,17,20)/t11-,13-/m0/s1. The maximum Gasteiger partial charge on any atom is 0.251 e. The molecule has 1 aromatic carbocycles. The highest BCUT2D eigenvalue weighted by Crippen LogP contribution is 2.24. The molecule has 0 saturated heterocycles. The Balaban J connectivity index is 1.74. The van der Waals surface area contributed by atoms with Crippen molar-refractivity contribution in [3.63, 3.8) is 0 Å². The van der Waals surface area contributed by atoms with Crippen LogP contribution in [-0.2, 0) is 0 Å². The van der Waals surface area contributed by atoms with Gasteiger partial charge in [0, 0.05) is 29.5 Å². The lowest BCUT2D eigenvalue weighted by molar-refractivity contribution is 0.0873. The second kappa shape index (κ2) is 5.63. The zero-order valence-corrected chi connectivity index (χ0v) is 11.3. The van der Waals surface area contributed by atoms with Gasteiger partial charge in [-0.2, -0.15) is 5.10 Å². The number of carbonyl (C=O) groups excluding carboxylic acids is 1. The third-order valence-corrected chi connectivity index (χ3v) is 4.16. The Morgan fingerprint density at radius 3 is 3.10 bits per heavy atom.